The highest BCUT2D eigenvalue weighted by Crippen LogP contribution is 2.17. The maximum absolute atomic E-state index is 4.31. The molecule has 0 unspecified atom stereocenters. The van der Waals surface area contributed by atoms with E-state index in [1.54, 1.807) is 0 Å². The van der Waals surface area contributed by atoms with Crippen LogP contribution in [0, 0.1) is 0 Å². The van der Waals surface area contributed by atoms with Crippen molar-refractivity contribution in [2.24, 2.45) is 4.99 Å². The summed E-state index contributed by atoms with van der Waals surface area (Å²) in [6.45, 7) is 1.91. The normalized spacial score (nSPS) is 16.5. The standard InChI is InChI=1S/C17H28N4/c1-18-17(21-16-11-6-3-7-12-16)20-14-8-13-19-15-9-4-2-5-10-15/h2,4-5,9-10,16,19H,3,6-8,11-14H2,1H3,(H2,18,20,21). The van der Waals surface area contributed by atoms with E-state index in [0.717, 1.165) is 25.5 Å². The summed E-state index contributed by atoms with van der Waals surface area (Å²) in [7, 11) is 1.85. The third-order valence-electron chi connectivity index (χ3n) is 3.92. The first kappa shape index (κ1) is 15.7. The molecular weight excluding hydrogens is 260 g/mol. The lowest BCUT2D eigenvalue weighted by Gasteiger charge is -2.24. The van der Waals surface area contributed by atoms with Crippen molar-refractivity contribution in [3.8, 4) is 0 Å². The van der Waals surface area contributed by atoms with Gasteiger partial charge in [0, 0.05) is 31.9 Å². The van der Waals surface area contributed by atoms with Gasteiger partial charge in [-0.3, -0.25) is 4.99 Å². The fraction of sp³-hybridized carbons (Fsp3) is 0.588. The van der Waals surface area contributed by atoms with Crippen molar-refractivity contribution in [3.05, 3.63) is 30.3 Å². The van der Waals surface area contributed by atoms with Crippen molar-refractivity contribution in [1.29, 1.82) is 0 Å². The molecule has 0 heterocycles. The highest BCUT2D eigenvalue weighted by atomic mass is 15.2. The van der Waals surface area contributed by atoms with Gasteiger partial charge >= 0.3 is 0 Å². The monoisotopic (exact) mass is 288 g/mol. The van der Waals surface area contributed by atoms with Crippen molar-refractivity contribution in [2.45, 2.75) is 44.6 Å². The molecule has 1 saturated carbocycles. The number of nitrogens with zero attached hydrogens (tertiary/aromatic N) is 1. The lowest BCUT2D eigenvalue weighted by Crippen LogP contribution is -2.44. The fourth-order valence-corrected chi connectivity index (χ4v) is 2.72. The summed E-state index contributed by atoms with van der Waals surface area (Å²) in [4.78, 5) is 4.31. The molecule has 0 aliphatic heterocycles. The van der Waals surface area contributed by atoms with Crippen LogP contribution in [0.4, 0.5) is 5.69 Å². The molecule has 3 N–H and O–H groups in total. The topological polar surface area (TPSA) is 48.5 Å². The van der Waals surface area contributed by atoms with Gasteiger partial charge in [0.1, 0.15) is 0 Å². The Balaban J connectivity index is 1.58. The number of hydrogen-bond donors (Lipinski definition) is 3. The van der Waals surface area contributed by atoms with E-state index in [9.17, 15) is 0 Å². The van der Waals surface area contributed by atoms with Gasteiger partial charge in [0.25, 0.3) is 0 Å². The Kier molecular flexibility index (Phi) is 6.92. The molecule has 0 aromatic heterocycles. The molecule has 0 atom stereocenters. The molecule has 21 heavy (non-hydrogen) atoms. The van der Waals surface area contributed by atoms with E-state index < -0.39 is 0 Å². The fourth-order valence-electron chi connectivity index (χ4n) is 2.72. The average molecular weight is 288 g/mol. The summed E-state index contributed by atoms with van der Waals surface area (Å²) in [6.07, 6.45) is 7.69. The van der Waals surface area contributed by atoms with Gasteiger partial charge in [0.05, 0.1) is 0 Å². The number of hydrogen-bond acceptors (Lipinski definition) is 2. The summed E-state index contributed by atoms with van der Waals surface area (Å²) < 4.78 is 0. The Morgan fingerprint density at radius 2 is 1.86 bits per heavy atom. The van der Waals surface area contributed by atoms with Crippen LogP contribution in [0.1, 0.15) is 38.5 Å². The van der Waals surface area contributed by atoms with Gasteiger partial charge in [0.2, 0.25) is 0 Å². The van der Waals surface area contributed by atoms with E-state index in [1.165, 1.54) is 37.8 Å². The van der Waals surface area contributed by atoms with Crippen LogP contribution >= 0.6 is 0 Å². The van der Waals surface area contributed by atoms with Gasteiger partial charge in [-0.1, -0.05) is 37.5 Å². The van der Waals surface area contributed by atoms with Crippen LogP contribution in [0.2, 0.25) is 0 Å². The summed E-state index contributed by atoms with van der Waals surface area (Å²) in [6, 6.07) is 10.9. The lowest BCUT2D eigenvalue weighted by atomic mass is 9.96. The van der Waals surface area contributed by atoms with Crippen molar-refractivity contribution in [2.75, 3.05) is 25.5 Å². The second-order valence-corrected chi connectivity index (χ2v) is 5.62. The molecule has 0 bridgehead atoms. The molecule has 0 saturated heterocycles. The van der Waals surface area contributed by atoms with E-state index in [0.29, 0.717) is 6.04 Å². The minimum Gasteiger partial charge on any atom is -0.385 e. The SMILES string of the molecule is CN=C(NCCCNc1ccccc1)NC1CCCCC1. The minimum atomic E-state index is 0.604. The molecule has 1 aliphatic rings. The molecule has 1 aromatic rings. The van der Waals surface area contributed by atoms with Crippen LogP contribution < -0.4 is 16.0 Å². The van der Waals surface area contributed by atoms with Crippen LogP contribution in [-0.2, 0) is 0 Å². The summed E-state index contributed by atoms with van der Waals surface area (Å²) in [5, 5.41) is 10.4. The van der Waals surface area contributed by atoms with E-state index in [2.05, 4.69) is 45.2 Å². The van der Waals surface area contributed by atoms with Gasteiger partial charge in [-0.2, -0.15) is 0 Å². The molecule has 4 heteroatoms. The van der Waals surface area contributed by atoms with E-state index >= 15 is 0 Å². The van der Waals surface area contributed by atoms with Crippen molar-refractivity contribution in [1.82, 2.24) is 10.6 Å². The summed E-state index contributed by atoms with van der Waals surface area (Å²) in [5.74, 6) is 0.946. The van der Waals surface area contributed by atoms with Crippen LogP contribution in [0.3, 0.4) is 0 Å². The first-order valence-corrected chi connectivity index (χ1v) is 8.14. The highest BCUT2D eigenvalue weighted by Gasteiger charge is 2.13. The largest absolute Gasteiger partial charge is 0.385 e. The van der Waals surface area contributed by atoms with E-state index in [-0.39, 0.29) is 0 Å². The number of aliphatic imine (C=N–C) groups is 1. The Morgan fingerprint density at radius 1 is 1.10 bits per heavy atom. The number of nitrogens with one attached hydrogen (secondary N) is 3. The van der Waals surface area contributed by atoms with Gasteiger partial charge in [-0.05, 0) is 31.4 Å². The van der Waals surface area contributed by atoms with E-state index in [4.69, 9.17) is 0 Å². The zero-order chi connectivity index (χ0) is 14.8. The zero-order valence-electron chi connectivity index (χ0n) is 13.1. The highest BCUT2D eigenvalue weighted by molar-refractivity contribution is 5.79. The van der Waals surface area contributed by atoms with Gasteiger partial charge < -0.3 is 16.0 Å². The van der Waals surface area contributed by atoms with Gasteiger partial charge in [0.15, 0.2) is 5.96 Å². The number of para-hydroxylation sites is 1. The quantitative estimate of drug-likeness (QED) is 0.428. The first-order valence-electron chi connectivity index (χ1n) is 8.14. The molecular formula is C17H28N4. The van der Waals surface area contributed by atoms with Crippen molar-refractivity contribution < 1.29 is 0 Å². The summed E-state index contributed by atoms with van der Waals surface area (Å²) in [5.41, 5.74) is 1.18. The predicted molar refractivity (Wildman–Crippen MR) is 90.9 cm³/mol. The second kappa shape index (κ2) is 9.27. The number of anilines is 1. The third-order valence-corrected chi connectivity index (χ3v) is 3.92. The Morgan fingerprint density at radius 3 is 2.57 bits per heavy atom. The zero-order valence-corrected chi connectivity index (χ0v) is 13.1. The molecule has 0 amide bonds. The second-order valence-electron chi connectivity index (χ2n) is 5.62. The molecule has 1 fully saturated rings. The maximum atomic E-state index is 4.31. The van der Waals surface area contributed by atoms with Crippen molar-refractivity contribution >= 4 is 11.6 Å². The van der Waals surface area contributed by atoms with Gasteiger partial charge in [-0.25, -0.2) is 0 Å². The average Bonchev–Trinajstić information content (AvgIpc) is 2.55. The predicted octanol–water partition coefficient (Wildman–Crippen LogP) is 2.99. The van der Waals surface area contributed by atoms with E-state index in [1.807, 2.05) is 13.1 Å². The third kappa shape index (κ3) is 6.06. The van der Waals surface area contributed by atoms with Gasteiger partial charge in [-0.15, -0.1) is 0 Å². The molecule has 1 aromatic carbocycles. The van der Waals surface area contributed by atoms with Crippen LogP contribution in [0.25, 0.3) is 0 Å². The van der Waals surface area contributed by atoms with Crippen LogP contribution in [0.5, 0.6) is 0 Å². The van der Waals surface area contributed by atoms with Crippen molar-refractivity contribution in [3.63, 3.8) is 0 Å². The molecule has 4 nitrogen and oxygen atoms in total. The Bertz CT molecular complexity index is 410. The number of benzene rings is 1. The lowest BCUT2D eigenvalue weighted by molar-refractivity contribution is 0.410. The summed E-state index contributed by atoms with van der Waals surface area (Å²) >= 11 is 0. The molecule has 116 valence electrons. The van der Waals surface area contributed by atoms with Crippen LogP contribution in [0.15, 0.2) is 35.3 Å². The Hall–Kier alpha value is -1.71. The first-order chi connectivity index (χ1) is 10.4. The molecule has 1 aliphatic carbocycles. The molecule has 0 spiro atoms. The molecule has 2 rings (SSSR count). The Labute approximate surface area is 128 Å². The maximum Gasteiger partial charge on any atom is 0.191 e. The molecule has 0 radical (unpaired) electrons. The number of rotatable bonds is 6. The number of guanidine groups is 1. The smallest absolute Gasteiger partial charge is 0.191 e. The minimum absolute atomic E-state index is 0.604. The van der Waals surface area contributed by atoms with Crippen LogP contribution in [-0.4, -0.2) is 32.1 Å².